The summed E-state index contributed by atoms with van der Waals surface area (Å²) in [5.41, 5.74) is 0.150. The first-order valence-corrected chi connectivity index (χ1v) is 7.77. The van der Waals surface area contributed by atoms with Crippen molar-refractivity contribution in [1.29, 1.82) is 0 Å². The van der Waals surface area contributed by atoms with Gasteiger partial charge in [0.1, 0.15) is 5.69 Å². The van der Waals surface area contributed by atoms with Crippen molar-refractivity contribution in [3.8, 4) is 0 Å². The molecule has 9 nitrogen and oxygen atoms in total. The highest BCUT2D eigenvalue weighted by molar-refractivity contribution is 7.89. The van der Waals surface area contributed by atoms with Gasteiger partial charge in [0, 0.05) is 24.7 Å². The van der Waals surface area contributed by atoms with Crippen molar-refractivity contribution in [3.63, 3.8) is 0 Å². The van der Waals surface area contributed by atoms with E-state index in [1.807, 2.05) is 0 Å². The van der Waals surface area contributed by atoms with Crippen molar-refractivity contribution >= 4 is 27.3 Å². The summed E-state index contributed by atoms with van der Waals surface area (Å²) in [6.45, 7) is 2.12. The molecule has 0 aliphatic rings. The van der Waals surface area contributed by atoms with E-state index in [1.165, 1.54) is 12.1 Å². The molecule has 0 unspecified atom stereocenters. The summed E-state index contributed by atoms with van der Waals surface area (Å²) >= 11 is 0. The second-order valence-corrected chi connectivity index (χ2v) is 5.88. The number of benzene rings is 1. The summed E-state index contributed by atoms with van der Waals surface area (Å²) in [7, 11) is -3.67. The lowest BCUT2D eigenvalue weighted by atomic mass is 10.1. The Balaban J connectivity index is 2.86. The molecule has 0 aliphatic heterocycles. The highest BCUT2D eigenvalue weighted by Crippen LogP contribution is 2.25. The predicted molar refractivity (Wildman–Crippen MR) is 77.6 cm³/mol. The van der Waals surface area contributed by atoms with Crippen LogP contribution in [-0.4, -0.2) is 38.1 Å². The number of nitrogens with zero attached hydrogens (tertiary/aromatic N) is 1. The quantitative estimate of drug-likeness (QED) is 0.478. The molecule has 1 aromatic carbocycles. The molecule has 0 fully saturated rings. The Kier molecular flexibility index (Phi) is 5.61. The predicted octanol–water partition coefficient (Wildman–Crippen LogP) is 0.0449. The number of nitro groups is 1. The van der Waals surface area contributed by atoms with Gasteiger partial charge < -0.3 is 10.6 Å². The van der Waals surface area contributed by atoms with Crippen molar-refractivity contribution < 1.29 is 18.1 Å². The molecule has 1 aromatic rings. The molecule has 0 saturated heterocycles. The lowest BCUT2D eigenvalue weighted by Crippen LogP contribution is -2.31. The fraction of sp³-hybridized carbons (Fsp3) is 0.364. The Labute approximate surface area is 121 Å². The molecule has 0 aliphatic carbocycles. The van der Waals surface area contributed by atoms with Gasteiger partial charge in [0.25, 0.3) is 11.6 Å². The number of primary sulfonamides is 1. The lowest BCUT2D eigenvalue weighted by Gasteiger charge is -2.07. The van der Waals surface area contributed by atoms with Crippen molar-refractivity contribution in [1.82, 2.24) is 5.32 Å². The molecule has 1 rings (SSSR count). The van der Waals surface area contributed by atoms with Crippen molar-refractivity contribution in [2.45, 2.75) is 6.92 Å². The molecule has 0 atom stereocenters. The van der Waals surface area contributed by atoms with Gasteiger partial charge in [0.05, 0.1) is 10.7 Å². The van der Waals surface area contributed by atoms with Gasteiger partial charge in [-0.3, -0.25) is 14.9 Å². The van der Waals surface area contributed by atoms with Gasteiger partial charge in [0.15, 0.2) is 0 Å². The number of nitro benzene ring substituents is 1. The third kappa shape index (κ3) is 5.36. The fourth-order valence-electron chi connectivity index (χ4n) is 1.57. The molecular formula is C11H16N4O5S. The van der Waals surface area contributed by atoms with Crippen molar-refractivity contribution in [2.75, 3.05) is 24.2 Å². The van der Waals surface area contributed by atoms with E-state index >= 15 is 0 Å². The second-order valence-electron chi connectivity index (χ2n) is 4.14. The van der Waals surface area contributed by atoms with E-state index in [9.17, 15) is 23.3 Å². The van der Waals surface area contributed by atoms with Crippen LogP contribution in [0.1, 0.15) is 17.3 Å². The molecule has 0 aromatic heterocycles. The van der Waals surface area contributed by atoms with Gasteiger partial charge >= 0.3 is 0 Å². The highest BCUT2D eigenvalue weighted by Gasteiger charge is 2.17. The summed E-state index contributed by atoms with van der Waals surface area (Å²) in [6.07, 6.45) is 0. The zero-order valence-corrected chi connectivity index (χ0v) is 12.1. The summed E-state index contributed by atoms with van der Waals surface area (Å²) in [4.78, 5) is 22.1. The maximum absolute atomic E-state index is 11.8. The minimum Gasteiger partial charge on any atom is -0.380 e. The highest BCUT2D eigenvalue weighted by atomic mass is 32.2. The number of amides is 1. The molecule has 21 heavy (non-hydrogen) atoms. The van der Waals surface area contributed by atoms with Gasteiger partial charge in [-0.1, -0.05) is 0 Å². The van der Waals surface area contributed by atoms with E-state index < -0.39 is 26.6 Å². The van der Waals surface area contributed by atoms with Crippen LogP contribution in [-0.2, 0) is 10.0 Å². The maximum atomic E-state index is 11.8. The molecule has 4 N–H and O–H groups in total. The minimum atomic E-state index is -3.67. The Hall–Kier alpha value is -2.20. The Bertz CT molecular complexity index is 644. The molecular weight excluding hydrogens is 300 g/mol. The smallest absolute Gasteiger partial charge is 0.293 e. The molecule has 0 bridgehead atoms. The number of hydrogen-bond donors (Lipinski definition) is 3. The summed E-state index contributed by atoms with van der Waals surface area (Å²) in [6, 6.07) is 3.97. The van der Waals surface area contributed by atoms with Gasteiger partial charge in [-0.05, 0) is 19.1 Å². The molecule has 0 spiro atoms. The van der Waals surface area contributed by atoms with Crippen LogP contribution in [0.4, 0.5) is 11.4 Å². The van der Waals surface area contributed by atoms with E-state index in [0.717, 1.165) is 6.07 Å². The summed E-state index contributed by atoms with van der Waals surface area (Å²) < 4.78 is 21.5. The third-order valence-electron chi connectivity index (χ3n) is 2.50. The topological polar surface area (TPSA) is 144 Å². The first kappa shape index (κ1) is 16.9. The Morgan fingerprint density at radius 1 is 1.43 bits per heavy atom. The average Bonchev–Trinajstić information content (AvgIpc) is 2.37. The number of rotatable bonds is 7. The van der Waals surface area contributed by atoms with Crippen LogP contribution in [0.3, 0.4) is 0 Å². The van der Waals surface area contributed by atoms with E-state index in [1.54, 1.807) is 6.92 Å². The van der Waals surface area contributed by atoms with E-state index in [2.05, 4.69) is 10.6 Å². The minimum absolute atomic E-state index is 0.0674. The Morgan fingerprint density at radius 3 is 2.62 bits per heavy atom. The van der Waals surface area contributed by atoms with E-state index in [0.29, 0.717) is 12.2 Å². The second kappa shape index (κ2) is 6.99. The monoisotopic (exact) mass is 316 g/mol. The first-order chi connectivity index (χ1) is 9.74. The third-order valence-corrected chi connectivity index (χ3v) is 3.27. The van der Waals surface area contributed by atoms with E-state index in [4.69, 9.17) is 5.14 Å². The zero-order chi connectivity index (χ0) is 16.0. The number of nitrogens with one attached hydrogen (secondary N) is 2. The molecule has 1 amide bonds. The van der Waals surface area contributed by atoms with Crippen LogP contribution in [0.5, 0.6) is 0 Å². The number of carbonyl (C=O) groups excluding carboxylic acids is 1. The lowest BCUT2D eigenvalue weighted by molar-refractivity contribution is -0.384. The Morgan fingerprint density at radius 2 is 2.10 bits per heavy atom. The number of hydrogen-bond acceptors (Lipinski definition) is 6. The average molecular weight is 316 g/mol. The van der Waals surface area contributed by atoms with Crippen LogP contribution in [0.15, 0.2) is 18.2 Å². The van der Waals surface area contributed by atoms with Gasteiger partial charge in [0.2, 0.25) is 10.0 Å². The van der Waals surface area contributed by atoms with E-state index in [-0.39, 0.29) is 17.8 Å². The molecule has 0 saturated carbocycles. The van der Waals surface area contributed by atoms with Crippen LogP contribution < -0.4 is 15.8 Å². The van der Waals surface area contributed by atoms with Crippen LogP contribution in [0, 0.1) is 10.1 Å². The van der Waals surface area contributed by atoms with Crippen LogP contribution in [0.2, 0.25) is 0 Å². The first-order valence-electron chi connectivity index (χ1n) is 6.05. The number of anilines is 1. The van der Waals surface area contributed by atoms with Crippen molar-refractivity contribution in [2.24, 2.45) is 5.14 Å². The molecule has 10 heteroatoms. The number of carbonyl (C=O) groups is 1. The number of nitrogens with two attached hydrogens (primary N) is 1. The largest absolute Gasteiger partial charge is 0.380 e. The standard InChI is InChI=1S/C11H16N4O5S/c1-2-13-9-4-3-8(7-10(9)15(17)18)11(16)14-5-6-21(12,19)20/h3-4,7,13H,2,5-6H2,1H3,(H,14,16)(H2,12,19,20). The molecule has 116 valence electrons. The maximum Gasteiger partial charge on any atom is 0.293 e. The summed E-state index contributed by atoms with van der Waals surface area (Å²) in [5.74, 6) is -1.01. The number of sulfonamides is 1. The molecule has 0 radical (unpaired) electrons. The van der Waals surface area contributed by atoms with Crippen molar-refractivity contribution in [3.05, 3.63) is 33.9 Å². The summed E-state index contributed by atoms with van der Waals surface area (Å²) in [5, 5.41) is 20.9. The van der Waals surface area contributed by atoms with Gasteiger partial charge in [-0.25, -0.2) is 13.6 Å². The fourth-order valence-corrected chi connectivity index (χ4v) is 1.96. The zero-order valence-electron chi connectivity index (χ0n) is 11.3. The van der Waals surface area contributed by atoms with Gasteiger partial charge in [-0.15, -0.1) is 0 Å². The van der Waals surface area contributed by atoms with Crippen LogP contribution >= 0.6 is 0 Å². The SMILES string of the molecule is CCNc1ccc(C(=O)NCCS(N)(=O)=O)cc1[N+](=O)[O-]. The van der Waals surface area contributed by atoms with Gasteiger partial charge in [-0.2, -0.15) is 0 Å². The normalized spacial score (nSPS) is 11.0. The molecule has 0 heterocycles. The van der Waals surface area contributed by atoms with Crippen LogP contribution in [0.25, 0.3) is 0 Å².